The summed E-state index contributed by atoms with van der Waals surface area (Å²) < 4.78 is 60.8. The summed E-state index contributed by atoms with van der Waals surface area (Å²) in [5.41, 5.74) is 2.61. The number of anilines is 1. The topological polar surface area (TPSA) is 95.9 Å². The average Bonchev–Trinajstić information content (AvgIpc) is 3.64. The monoisotopic (exact) mass is 760 g/mol. The number of benzene rings is 2. The summed E-state index contributed by atoms with van der Waals surface area (Å²) in [5, 5.41) is 13.9. The molecule has 3 atom stereocenters. The van der Waals surface area contributed by atoms with E-state index in [1.807, 2.05) is 6.07 Å². The van der Waals surface area contributed by atoms with Crippen LogP contribution in [0.1, 0.15) is 79.7 Å². The summed E-state index contributed by atoms with van der Waals surface area (Å²) in [7, 11) is -2.48. The number of nitrogens with zero attached hydrogens (tertiary/aromatic N) is 5. The lowest BCUT2D eigenvalue weighted by Crippen LogP contribution is -2.55. The van der Waals surface area contributed by atoms with E-state index >= 15 is 8.78 Å². The molecule has 54 heavy (non-hydrogen) atoms. The fourth-order valence-electron chi connectivity index (χ4n) is 9.57. The predicted molar refractivity (Wildman–Crippen MR) is 209 cm³/mol. The fourth-order valence-corrected chi connectivity index (χ4v) is 14.8. The Kier molecular flexibility index (Phi) is 10.1. The number of ether oxygens (including phenoxy) is 1. The highest BCUT2D eigenvalue weighted by atomic mass is 28.4. The van der Waals surface area contributed by atoms with Gasteiger partial charge in [0.1, 0.15) is 35.6 Å². The van der Waals surface area contributed by atoms with Crippen molar-refractivity contribution in [3.05, 3.63) is 47.7 Å². The largest absolute Gasteiger partial charge is 0.543 e. The molecule has 7 rings (SSSR count). The predicted octanol–water partition coefficient (Wildman–Crippen LogP) is 8.08. The molecular formula is C41H51F3N6O3Si. The third-order valence-corrected chi connectivity index (χ3v) is 18.0. The minimum Gasteiger partial charge on any atom is -0.543 e. The number of terminal acetylenes is 1. The van der Waals surface area contributed by atoms with Crippen LogP contribution < -0.4 is 19.6 Å². The van der Waals surface area contributed by atoms with Crippen molar-refractivity contribution in [1.29, 1.82) is 0 Å². The maximum absolute atomic E-state index is 17.4. The van der Waals surface area contributed by atoms with Gasteiger partial charge in [0.25, 0.3) is 8.32 Å². The van der Waals surface area contributed by atoms with Crippen molar-refractivity contribution in [3.63, 3.8) is 0 Å². The molecule has 3 aliphatic rings. The second-order valence-electron chi connectivity index (χ2n) is 16.7. The number of β-amino-alcohol motifs (C(OH)–C–C–N with tert-alkyl or cyclic N) is 1. The molecule has 3 fully saturated rings. The van der Waals surface area contributed by atoms with Crippen LogP contribution in [0.25, 0.3) is 32.9 Å². The number of fused-ring (bicyclic) bond motifs is 3. The van der Waals surface area contributed by atoms with Crippen LogP contribution >= 0.6 is 0 Å². The van der Waals surface area contributed by atoms with Crippen LogP contribution in [0.3, 0.4) is 0 Å². The Morgan fingerprint density at radius 3 is 2.52 bits per heavy atom. The van der Waals surface area contributed by atoms with Gasteiger partial charge in [0.15, 0.2) is 11.6 Å². The first-order valence-electron chi connectivity index (χ1n) is 19.1. The molecule has 2 aromatic carbocycles. The second-order valence-corrected chi connectivity index (χ2v) is 22.0. The summed E-state index contributed by atoms with van der Waals surface area (Å²) in [6.07, 6.45) is 9.00. The maximum atomic E-state index is 17.4. The normalized spacial score (nSPS) is 23.6. The zero-order chi connectivity index (χ0) is 38.7. The fraction of sp³-hybridized carbons (Fsp3) is 0.537. The molecule has 4 aromatic rings. The Labute approximate surface area is 316 Å². The lowest BCUT2D eigenvalue weighted by molar-refractivity contribution is 0.0412. The number of hydrogen-bond donors (Lipinski definition) is 2. The molecule has 288 valence electrons. The first-order chi connectivity index (χ1) is 25.6. The third kappa shape index (κ3) is 6.59. The summed E-state index contributed by atoms with van der Waals surface area (Å²) in [6.45, 7) is 16.7. The molecule has 0 radical (unpaired) electrons. The first-order valence-corrected chi connectivity index (χ1v) is 21.3. The van der Waals surface area contributed by atoms with E-state index in [0.29, 0.717) is 42.5 Å². The molecule has 1 unspecified atom stereocenters. The van der Waals surface area contributed by atoms with Crippen LogP contribution in [0.15, 0.2) is 30.5 Å². The SMILES string of the molecule is C#Cc1c(F)ccc2cc(O[Si](C(C)C)(C(C)C)C(C)C)cc(-c3ncc4c(N5CC(C)(O)CCN5)nc(OC[C@@]56CCCN5C[C@H](F)C6)nc4c3F)c12. The van der Waals surface area contributed by atoms with Gasteiger partial charge in [-0.3, -0.25) is 14.9 Å². The summed E-state index contributed by atoms with van der Waals surface area (Å²) >= 11 is 0. The van der Waals surface area contributed by atoms with Crippen LogP contribution in [-0.2, 0) is 0 Å². The maximum Gasteiger partial charge on any atom is 0.319 e. The van der Waals surface area contributed by atoms with Gasteiger partial charge in [-0.2, -0.15) is 9.97 Å². The Morgan fingerprint density at radius 2 is 1.83 bits per heavy atom. The number of aliphatic hydroxyl groups is 1. The van der Waals surface area contributed by atoms with Gasteiger partial charge in [0.2, 0.25) is 0 Å². The zero-order valence-corrected chi connectivity index (χ0v) is 33.3. The van der Waals surface area contributed by atoms with Gasteiger partial charge < -0.3 is 14.3 Å². The highest BCUT2D eigenvalue weighted by Gasteiger charge is 2.50. The van der Waals surface area contributed by atoms with Crippen molar-refractivity contribution >= 4 is 35.8 Å². The molecule has 13 heteroatoms. The summed E-state index contributed by atoms with van der Waals surface area (Å²) in [6, 6.07) is 6.43. The van der Waals surface area contributed by atoms with Crippen LogP contribution in [0, 0.1) is 24.0 Å². The van der Waals surface area contributed by atoms with Crippen LogP contribution in [0.4, 0.5) is 19.0 Å². The highest BCUT2D eigenvalue weighted by molar-refractivity contribution is 6.78. The van der Waals surface area contributed by atoms with Crippen molar-refractivity contribution in [2.45, 2.75) is 108 Å². The van der Waals surface area contributed by atoms with Crippen molar-refractivity contribution in [1.82, 2.24) is 25.3 Å². The number of aromatic nitrogens is 3. The number of alkyl halides is 1. The highest BCUT2D eigenvalue weighted by Crippen LogP contribution is 2.46. The van der Waals surface area contributed by atoms with Crippen molar-refractivity contribution < 1.29 is 27.4 Å². The van der Waals surface area contributed by atoms with E-state index in [2.05, 4.69) is 67.8 Å². The number of rotatable bonds is 10. The molecule has 0 amide bonds. The smallest absolute Gasteiger partial charge is 0.319 e. The quantitative estimate of drug-likeness (QED) is 0.123. The number of hydrogen-bond acceptors (Lipinski definition) is 9. The van der Waals surface area contributed by atoms with E-state index in [1.165, 1.54) is 12.3 Å². The molecule has 2 aromatic heterocycles. The van der Waals surface area contributed by atoms with E-state index in [4.69, 9.17) is 20.6 Å². The molecule has 2 N–H and O–H groups in total. The molecule has 5 heterocycles. The number of hydrazine groups is 1. The lowest BCUT2D eigenvalue weighted by atomic mass is 9.95. The number of halogens is 3. The Balaban J connectivity index is 1.41. The molecule has 9 nitrogen and oxygen atoms in total. The van der Waals surface area contributed by atoms with Crippen LogP contribution in [0.5, 0.6) is 11.8 Å². The Bertz CT molecular complexity index is 2100. The molecule has 0 bridgehead atoms. The number of nitrogens with one attached hydrogen (secondary N) is 1. The third-order valence-electron chi connectivity index (χ3n) is 12.0. The standard InChI is InChI=1S/C41H51F3N6O3Si/c1-9-30-33(43)12-11-27-17-29(53-54(24(2)3,25(4)5)26(6)7)18-31(34(27)30)36-35(44)37-32(20-45-36)38(50-22-40(8,51)14-15-46-50)48-39(47-37)52-23-41-13-10-16-49(41)21-28(42)19-41/h1,11-12,17-18,20,24-26,28,46,51H,10,13-16,19,21-23H2,2-8H3/t28-,40?,41+/m1/s1. The van der Waals surface area contributed by atoms with Crippen molar-refractivity contribution in [2.24, 2.45) is 0 Å². The molecule has 0 aliphatic carbocycles. The summed E-state index contributed by atoms with van der Waals surface area (Å²) in [5.74, 6) is 1.92. The van der Waals surface area contributed by atoms with Gasteiger partial charge in [-0.1, -0.05) is 53.5 Å². The first kappa shape index (κ1) is 38.3. The Morgan fingerprint density at radius 1 is 1.09 bits per heavy atom. The van der Waals surface area contributed by atoms with Gasteiger partial charge in [-0.05, 0) is 72.9 Å². The van der Waals surface area contributed by atoms with E-state index < -0.39 is 37.3 Å². The minimum absolute atomic E-state index is 0.00862. The minimum atomic E-state index is -2.48. The molecule has 3 aliphatic heterocycles. The van der Waals surface area contributed by atoms with E-state index in [0.717, 1.165) is 19.4 Å². The number of pyridine rings is 1. The van der Waals surface area contributed by atoms with Gasteiger partial charge in [0.05, 0.1) is 28.6 Å². The molecule has 0 spiro atoms. The Hall–Kier alpha value is -3.96. The second kappa shape index (κ2) is 14.3. The van der Waals surface area contributed by atoms with Gasteiger partial charge in [-0.15, -0.1) is 6.42 Å². The van der Waals surface area contributed by atoms with E-state index in [9.17, 15) is 9.50 Å². The molecule has 0 saturated carbocycles. The zero-order valence-electron chi connectivity index (χ0n) is 32.3. The van der Waals surface area contributed by atoms with E-state index in [-0.39, 0.29) is 69.3 Å². The molecule has 3 saturated heterocycles. The van der Waals surface area contributed by atoms with Gasteiger partial charge >= 0.3 is 6.01 Å². The average molecular weight is 761 g/mol. The van der Waals surface area contributed by atoms with Crippen molar-refractivity contribution in [2.75, 3.05) is 37.8 Å². The van der Waals surface area contributed by atoms with Crippen LogP contribution in [0.2, 0.25) is 16.6 Å². The van der Waals surface area contributed by atoms with Crippen molar-refractivity contribution in [3.8, 4) is 35.4 Å². The lowest BCUT2D eigenvalue weighted by Gasteiger charge is -2.42. The summed E-state index contributed by atoms with van der Waals surface area (Å²) in [4.78, 5) is 16.1. The molecular weight excluding hydrogens is 710 g/mol. The van der Waals surface area contributed by atoms with Gasteiger partial charge in [-0.25, -0.2) is 18.6 Å². The van der Waals surface area contributed by atoms with Gasteiger partial charge in [0, 0.05) is 36.7 Å². The van der Waals surface area contributed by atoms with Crippen LogP contribution in [-0.4, -0.2) is 83.4 Å². The van der Waals surface area contributed by atoms with E-state index in [1.54, 1.807) is 24.1 Å².